The van der Waals surface area contributed by atoms with E-state index in [-0.39, 0.29) is 0 Å². The van der Waals surface area contributed by atoms with Crippen molar-refractivity contribution in [1.29, 1.82) is 0 Å². The molecule has 2 aromatic carbocycles. The fraction of sp³-hybridized carbons (Fsp3) is 0.250. The monoisotopic (exact) mass is 322 g/mol. The summed E-state index contributed by atoms with van der Waals surface area (Å²) in [6.07, 6.45) is 3.43. The van der Waals surface area contributed by atoms with Crippen LogP contribution in [-0.2, 0) is 13.0 Å². The normalized spacial score (nSPS) is 12.2. The molecule has 118 valence electrons. The molecule has 1 aromatic heterocycles. The van der Waals surface area contributed by atoms with Gasteiger partial charge in [-0.2, -0.15) is 0 Å². The quantitative estimate of drug-likeness (QED) is 0.631. The van der Waals surface area contributed by atoms with Crippen molar-refractivity contribution in [2.45, 2.75) is 31.8 Å². The molecular formula is C20H22N2S. The van der Waals surface area contributed by atoms with Crippen molar-refractivity contribution in [3.63, 3.8) is 0 Å². The maximum atomic E-state index is 4.37. The number of thiazole rings is 1. The average molecular weight is 322 g/mol. The van der Waals surface area contributed by atoms with Crippen LogP contribution in [0.5, 0.6) is 0 Å². The van der Waals surface area contributed by atoms with Gasteiger partial charge < -0.3 is 5.32 Å². The minimum Gasteiger partial charge on any atom is -0.304 e. The second kappa shape index (κ2) is 8.61. The molecule has 0 spiro atoms. The van der Waals surface area contributed by atoms with Crippen LogP contribution in [0.2, 0.25) is 0 Å². The van der Waals surface area contributed by atoms with Gasteiger partial charge in [0.2, 0.25) is 0 Å². The van der Waals surface area contributed by atoms with E-state index in [1.54, 1.807) is 11.3 Å². The molecule has 3 rings (SSSR count). The Labute approximate surface area is 142 Å². The first kappa shape index (κ1) is 15.9. The van der Waals surface area contributed by atoms with E-state index in [2.05, 4.69) is 76.3 Å². The van der Waals surface area contributed by atoms with E-state index in [0.717, 1.165) is 25.1 Å². The molecule has 1 atom stereocenters. The number of nitrogens with one attached hydrogen (secondary N) is 1. The lowest BCUT2D eigenvalue weighted by molar-refractivity contribution is 0.481. The van der Waals surface area contributed by atoms with E-state index in [1.165, 1.54) is 17.5 Å². The van der Waals surface area contributed by atoms with Gasteiger partial charge in [0.05, 0.1) is 11.2 Å². The Morgan fingerprint density at radius 1 is 0.957 bits per heavy atom. The van der Waals surface area contributed by atoms with Gasteiger partial charge in [-0.1, -0.05) is 60.7 Å². The summed E-state index contributed by atoms with van der Waals surface area (Å²) in [4.78, 5) is 4.37. The van der Waals surface area contributed by atoms with Gasteiger partial charge in [-0.3, -0.25) is 0 Å². The van der Waals surface area contributed by atoms with Crippen LogP contribution in [0.3, 0.4) is 0 Å². The SMILES string of the molecule is c1ccc(CCCC(NCc2cscn2)c2ccccc2)cc1. The molecule has 0 saturated heterocycles. The lowest BCUT2D eigenvalue weighted by Crippen LogP contribution is -2.21. The van der Waals surface area contributed by atoms with Crippen molar-refractivity contribution < 1.29 is 0 Å². The molecule has 1 N–H and O–H groups in total. The summed E-state index contributed by atoms with van der Waals surface area (Å²) in [5.74, 6) is 0. The Hall–Kier alpha value is -1.97. The van der Waals surface area contributed by atoms with Crippen LogP contribution in [0.15, 0.2) is 71.6 Å². The maximum absolute atomic E-state index is 4.37. The van der Waals surface area contributed by atoms with Gasteiger partial charge in [0, 0.05) is 18.0 Å². The smallest absolute Gasteiger partial charge is 0.0795 e. The lowest BCUT2D eigenvalue weighted by Gasteiger charge is -2.19. The van der Waals surface area contributed by atoms with E-state index in [9.17, 15) is 0 Å². The fourth-order valence-electron chi connectivity index (χ4n) is 2.78. The molecule has 0 amide bonds. The van der Waals surface area contributed by atoms with Crippen molar-refractivity contribution in [2.24, 2.45) is 0 Å². The molecule has 1 heterocycles. The summed E-state index contributed by atoms with van der Waals surface area (Å²) >= 11 is 1.65. The van der Waals surface area contributed by atoms with Crippen molar-refractivity contribution >= 4 is 11.3 Å². The van der Waals surface area contributed by atoms with Gasteiger partial charge in [-0.25, -0.2) is 4.98 Å². The first-order valence-corrected chi connectivity index (χ1v) is 9.05. The van der Waals surface area contributed by atoms with Gasteiger partial charge in [0.15, 0.2) is 0 Å². The molecule has 0 aliphatic carbocycles. The zero-order valence-electron chi connectivity index (χ0n) is 13.2. The average Bonchev–Trinajstić information content (AvgIpc) is 3.13. The predicted octanol–water partition coefficient (Wildman–Crippen LogP) is 5.00. The first-order chi connectivity index (χ1) is 11.4. The second-order valence-electron chi connectivity index (χ2n) is 5.70. The summed E-state index contributed by atoms with van der Waals surface area (Å²) in [6, 6.07) is 21.8. The van der Waals surface area contributed by atoms with Gasteiger partial charge in [0.25, 0.3) is 0 Å². The number of hydrogen-bond acceptors (Lipinski definition) is 3. The minimum absolute atomic E-state index is 0.376. The van der Waals surface area contributed by atoms with Crippen LogP contribution < -0.4 is 5.32 Å². The Morgan fingerprint density at radius 2 is 1.70 bits per heavy atom. The zero-order valence-corrected chi connectivity index (χ0v) is 14.0. The number of nitrogens with zero attached hydrogens (tertiary/aromatic N) is 1. The Morgan fingerprint density at radius 3 is 2.39 bits per heavy atom. The number of hydrogen-bond donors (Lipinski definition) is 1. The summed E-state index contributed by atoms with van der Waals surface area (Å²) in [5.41, 5.74) is 5.79. The summed E-state index contributed by atoms with van der Waals surface area (Å²) in [5, 5.41) is 5.78. The minimum atomic E-state index is 0.376. The fourth-order valence-corrected chi connectivity index (χ4v) is 3.34. The molecule has 1 unspecified atom stereocenters. The van der Waals surface area contributed by atoms with Gasteiger partial charge in [0.1, 0.15) is 0 Å². The summed E-state index contributed by atoms with van der Waals surface area (Å²) in [7, 11) is 0. The van der Waals surface area contributed by atoms with Crippen LogP contribution in [0.1, 0.15) is 35.7 Å². The van der Waals surface area contributed by atoms with Crippen LogP contribution in [0.25, 0.3) is 0 Å². The molecule has 23 heavy (non-hydrogen) atoms. The standard InChI is InChI=1S/C20H22N2S/c1-3-8-17(9-4-1)10-7-13-20(18-11-5-2-6-12-18)21-14-19-15-23-16-22-19/h1-6,8-9,11-12,15-16,20-21H,7,10,13-14H2. The van der Waals surface area contributed by atoms with Crippen LogP contribution in [0, 0.1) is 0 Å². The summed E-state index contributed by atoms with van der Waals surface area (Å²) < 4.78 is 0. The molecule has 0 aliphatic rings. The largest absolute Gasteiger partial charge is 0.304 e. The van der Waals surface area contributed by atoms with Crippen molar-refractivity contribution in [3.8, 4) is 0 Å². The Bertz CT molecular complexity index is 665. The highest BCUT2D eigenvalue weighted by Crippen LogP contribution is 2.20. The predicted molar refractivity (Wildman–Crippen MR) is 97.5 cm³/mol. The number of rotatable bonds is 8. The second-order valence-corrected chi connectivity index (χ2v) is 6.42. The molecule has 3 aromatic rings. The number of aryl methyl sites for hydroxylation is 1. The zero-order chi connectivity index (χ0) is 15.7. The number of benzene rings is 2. The van der Waals surface area contributed by atoms with Crippen molar-refractivity contribution in [3.05, 3.63) is 88.4 Å². The highest BCUT2D eigenvalue weighted by molar-refractivity contribution is 7.07. The highest BCUT2D eigenvalue weighted by atomic mass is 32.1. The molecule has 2 nitrogen and oxygen atoms in total. The highest BCUT2D eigenvalue weighted by Gasteiger charge is 2.11. The van der Waals surface area contributed by atoms with Crippen LogP contribution in [-0.4, -0.2) is 4.98 Å². The molecule has 0 radical (unpaired) electrons. The maximum Gasteiger partial charge on any atom is 0.0795 e. The van der Waals surface area contributed by atoms with Gasteiger partial charge in [-0.15, -0.1) is 11.3 Å². The number of aromatic nitrogens is 1. The third-order valence-electron chi connectivity index (χ3n) is 4.02. The molecule has 0 saturated carbocycles. The van der Waals surface area contributed by atoms with Crippen LogP contribution >= 0.6 is 11.3 Å². The molecule has 0 aliphatic heterocycles. The lowest BCUT2D eigenvalue weighted by atomic mass is 9.99. The topological polar surface area (TPSA) is 24.9 Å². The molecule has 3 heteroatoms. The Balaban J connectivity index is 1.58. The first-order valence-electron chi connectivity index (χ1n) is 8.11. The third-order valence-corrected chi connectivity index (χ3v) is 4.65. The van der Waals surface area contributed by atoms with E-state index in [0.29, 0.717) is 6.04 Å². The van der Waals surface area contributed by atoms with E-state index < -0.39 is 0 Å². The van der Waals surface area contributed by atoms with E-state index in [4.69, 9.17) is 0 Å². The van der Waals surface area contributed by atoms with Crippen molar-refractivity contribution in [1.82, 2.24) is 10.3 Å². The third kappa shape index (κ3) is 5.02. The van der Waals surface area contributed by atoms with Gasteiger partial charge in [-0.05, 0) is 30.4 Å². The summed E-state index contributed by atoms with van der Waals surface area (Å²) in [6.45, 7) is 0.828. The molecule has 0 bridgehead atoms. The molecule has 0 fully saturated rings. The van der Waals surface area contributed by atoms with Gasteiger partial charge >= 0.3 is 0 Å². The van der Waals surface area contributed by atoms with Crippen LogP contribution in [0.4, 0.5) is 0 Å². The van der Waals surface area contributed by atoms with E-state index in [1.807, 2.05) is 5.51 Å². The molecular weight excluding hydrogens is 300 g/mol. The van der Waals surface area contributed by atoms with Crippen molar-refractivity contribution in [2.75, 3.05) is 0 Å². The van der Waals surface area contributed by atoms with E-state index >= 15 is 0 Å². The Kier molecular flexibility index (Phi) is 5.95.